The minimum atomic E-state index is -0.795. The van der Waals surface area contributed by atoms with Crippen molar-refractivity contribution in [1.29, 1.82) is 0 Å². The van der Waals surface area contributed by atoms with Crippen LogP contribution in [0.25, 0.3) is 0 Å². The molecule has 0 bridgehead atoms. The molecule has 0 aliphatic heterocycles. The Hall–Kier alpha value is -1.47. The average Bonchev–Trinajstić information content (AvgIpc) is 2.93. The number of allylic oxidation sites excluding steroid dienone is 2. The molecule has 1 unspecified atom stereocenters. The summed E-state index contributed by atoms with van der Waals surface area (Å²) < 4.78 is 1.02. The molecular formula is C23H31BrO5. The molecule has 1 saturated carbocycles. The molecule has 0 aromatic heterocycles. The summed E-state index contributed by atoms with van der Waals surface area (Å²) in [5.74, 6) is -1.10. The molecule has 0 amide bonds. The summed E-state index contributed by atoms with van der Waals surface area (Å²) in [5.41, 5.74) is 1.15. The standard InChI is InChI=1S/C23H31BrO5/c24-17-7-5-6-16(14-17)10-11-18(25)12-13-20-19(21(26)15-22(20)27)8-3-1-2-4-9-23(28)29/h1,3,5-7,12-14,18-22,25-27H,2,4,8-11,15H2,(H,28,29)/b3-1-,13-12+/t18?,19-,20-,21+,22-/m1/s1. The summed E-state index contributed by atoms with van der Waals surface area (Å²) in [5, 5.41) is 39.5. The number of carboxylic acid groups (broad SMARTS) is 1. The minimum Gasteiger partial charge on any atom is -0.481 e. The number of unbranched alkanes of at least 4 members (excludes halogenated alkanes) is 1. The lowest BCUT2D eigenvalue weighted by Crippen LogP contribution is -2.20. The van der Waals surface area contributed by atoms with Gasteiger partial charge < -0.3 is 20.4 Å². The molecule has 160 valence electrons. The van der Waals surface area contributed by atoms with E-state index in [0.717, 1.165) is 16.5 Å². The zero-order chi connectivity index (χ0) is 21.2. The van der Waals surface area contributed by atoms with E-state index in [0.29, 0.717) is 32.1 Å². The van der Waals surface area contributed by atoms with Gasteiger partial charge in [0.15, 0.2) is 0 Å². The lowest BCUT2D eigenvalue weighted by molar-refractivity contribution is -0.137. The monoisotopic (exact) mass is 466 g/mol. The fourth-order valence-corrected chi connectivity index (χ4v) is 4.26. The van der Waals surface area contributed by atoms with E-state index in [1.54, 1.807) is 6.08 Å². The Morgan fingerprint density at radius 3 is 2.76 bits per heavy atom. The largest absolute Gasteiger partial charge is 0.481 e. The quantitative estimate of drug-likeness (QED) is 0.293. The smallest absolute Gasteiger partial charge is 0.303 e. The molecule has 6 heteroatoms. The molecule has 4 N–H and O–H groups in total. The molecule has 1 aliphatic rings. The first-order valence-electron chi connectivity index (χ1n) is 10.2. The number of aliphatic hydroxyl groups is 3. The Labute approximate surface area is 180 Å². The Bertz CT molecular complexity index is 702. The number of benzene rings is 1. The maximum atomic E-state index is 10.5. The summed E-state index contributed by atoms with van der Waals surface area (Å²) >= 11 is 3.44. The Kier molecular flexibility index (Phi) is 10.1. The number of aryl methyl sites for hydroxylation is 1. The van der Waals surface area contributed by atoms with Crippen molar-refractivity contribution in [3.8, 4) is 0 Å². The molecule has 5 atom stereocenters. The van der Waals surface area contributed by atoms with E-state index in [1.807, 2.05) is 42.5 Å². The van der Waals surface area contributed by atoms with Gasteiger partial charge in [-0.25, -0.2) is 0 Å². The van der Waals surface area contributed by atoms with Crippen molar-refractivity contribution >= 4 is 21.9 Å². The van der Waals surface area contributed by atoms with Crippen LogP contribution in [0.4, 0.5) is 0 Å². The van der Waals surface area contributed by atoms with Gasteiger partial charge in [-0.15, -0.1) is 0 Å². The van der Waals surface area contributed by atoms with Gasteiger partial charge in [0.25, 0.3) is 0 Å². The predicted molar refractivity (Wildman–Crippen MR) is 116 cm³/mol. The second-order valence-corrected chi connectivity index (χ2v) is 8.64. The highest BCUT2D eigenvalue weighted by Crippen LogP contribution is 2.36. The zero-order valence-corrected chi connectivity index (χ0v) is 18.1. The molecule has 1 aliphatic carbocycles. The second kappa shape index (κ2) is 12.3. The van der Waals surface area contributed by atoms with Crippen LogP contribution in [0.15, 0.2) is 53.0 Å². The summed E-state index contributed by atoms with van der Waals surface area (Å²) in [6.45, 7) is 0. The maximum Gasteiger partial charge on any atom is 0.303 e. The lowest BCUT2D eigenvalue weighted by Gasteiger charge is -2.19. The van der Waals surface area contributed by atoms with Crippen molar-refractivity contribution < 1.29 is 25.2 Å². The van der Waals surface area contributed by atoms with E-state index in [1.165, 1.54) is 0 Å². The number of carboxylic acids is 1. The highest BCUT2D eigenvalue weighted by molar-refractivity contribution is 9.10. The Morgan fingerprint density at radius 1 is 1.24 bits per heavy atom. The SMILES string of the molecule is O=C(O)CCC/C=C\C[C@@H]1[C@@H](/C=C/C(O)CCc2cccc(Br)c2)[C@H](O)C[C@@H]1O. The van der Waals surface area contributed by atoms with Gasteiger partial charge in [0.2, 0.25) is 0 Å². The van der Waals surface area contributed by atoms with Crippen molar-refractivity contribution in [2.75, 3.05) is 0 Å². The number of hydrogen-bond donors (Lipinski definition) is 4. The first-order chi connectivity index (χ1) is 13.9. The van der Waals surface area contributed by atoms with Crippen molar-refractivity contribution in [3.05, 3.63) is 58.6 Å². The number of rotatable bonds is 11. The highest BCUT2D eigenvalue weighted by Gasteiger charge is 2.39. The maximum absolute atomic E-state index is 10.5. The van der Waals surface area contributed by atoms with Crippen molar-refractivity contribution in [3.63, 3.8) is 0 Å². The average molecular weight is 467 g/mol. The first kappa shape index (κ1) is 23.8. The fourth-order valence-electron chi connectivity index (χ4n) is 3.81. The molecule has 1 aromatic rings. The summed E-state index contributed by atoms with van der Waals surface area (Å²) in [7, 11) is 0. The molecule has 0 spiro atoms. The van der Waals surface area contributed by atoms with Crippen LogP contribution in [0.5, 0.6) is 0 Å². The van der Waals surface area contributed by atoms with Gasteiger partial charge in [-0.3, -0.25) is 4.79 Å². The van der Waals surface area contributed by atoms with E-state index in [4.69, 9.17) is 5.11 Å². The summed E-state index contributed by atoms with van der Waals surface area (Å²) in [6.07, 6.45) is 9.39. The number of hydrogen-bond acceptors (Lipinski definition) is 4. The third-order valence-electron chi connectivity index (χ3n) is 5.43. The van der Waals surface area contributed by atoms with Gasteiger partial charge >= 0.3 is 5.97 Å². The van der Waals surface area contributed by atoms with Crippen molar-refractivity contribution in [2.45, 2.75) is 63.3 Å². The van der Waals surface area contributed by atoms with Crippen LogP contribution in [0.1, 0.15) is 44.1 Å². The Balaban J connectivity index is 1.83. The fraction of sp³-hybridized carbons (Fsp3) is 0.522. The van der Waals surface area contributed by atoms with E-state index in [9.17, 15) is 20.1 Å². The predicted octanol–water partition coefficient (Wildman–Crippen LogP) is 3.86. The van der Waals surface area contributed by atoms with Crippen LogP contribution in [0.3, 0.4) is 0 Å². The molecule has 0 saturated heterocycles. The normalized spacial score (nSPS) is 25.8. The van der Waals surface area contributed by atoms with Gasteiger partial charge in [0.05, 0.1) is 18.3 Å². The number of aliphatic hydroxyl groups excluding tert-OH is 3. The van der Waals surface area contributed by atoms with Crippen LogP contribution < -0.4 is 0 Å². The van der Waals surface area contributed by atoms with Crippen molar-refractivity contribution in [1.82, 2.24) is 0 Å². The lowest BCUT2D eigenvalue weighted by atomic mass is 9.89. The van der Waals surface area contributed by atoms with Crippen molar-refractivity contribution in [2.24, 2.45) is 11.8 Å². The van der Waals surface area contributed by atoms with Gasteiger partial charge in [-0.2, -0.15) is 0 Å². The molecule has 5 nitrogen and oxygen atoms in total. The molecule has 0 radical (unpaired) electrons. The topological polar surface area (TPSA) is 98.0 Å². The van der Waals surface area contributed by atoms with Gasteiger partial charge in [-0.05, 0) is 55.7 Å². The number of halogens is 1. The van der Waals surface area contributed by atoms with Crippen LogP contribution in [0.2, 0.25) is 0 Å². The molecule has 29 heavy (non-hydrogen) atoms. The summed E-state index contributed by atoms with van der Waals surface area (Å²) in [6, 6.07) is 7.99. The van der Waals surface area contributed by atoms with E-state index < -0.39 is 24.3 Å². The van der Waals surface area contributed by atoms with E-state index in [-0.39, 0.29) is 18.3 Å². The van der Waals surface area contributed by atoms with E-state index >= 15 is 0 Å². The first-order valence-corrected chi connectivity index (χ1v) is 11.0. The zero-order valence-electron chi connectivity index (χ0n) is 16.5. The Morgan fingerprint density at radius 2 is 2.03 bits per heavy atom. The van der Waals surface area contributed by atoms with Crippen LogP contribution in [0, 0.1) is 11.8 Å². The van der Waals surface area contributed by atoms with Gasteiger partial charge in [0, 0.05) is 23.2 Å². The third-order valence-corrected chi connectivity index (χ3v) is 5.92. The second-order valence-electron chi connectivity index (χ2n) is 7.73. The van der Waals surface area contributed by atoms with Crippen LogP contribution in [-0.2, 0) is 11.2 Å². The van der Waals surface area contributed by atoms with Crippen LogP contribution in [-0.4, -0.2) is 44.7 Å². The molecule has 0 heterocycles. The number of aliphatic carboxylic acids is 1. The number of carbonyl (C=O) groups is 1. The van der Waals surface area contributed by atoms with Gasteiger partial charge in [-0.1, -0.05) is 52.4 Å². The minimum absolute atomic E-state index is 0.103. The molecule has 1 fully saturated rings. The third kappa shape index (κ3) is 8.42. The van der Waals surface area contributed by atoms with E-state index in [2.05, 4.69) is 15.9 Å². The van der Waals surface area contributed by atoms with Crippen LogP contribution >= 0.6 is 15.9 Å². The van der Waals surface area contributed by atoms with Gasteiger partial charge in [0.1, 0.15) is 0 Å². The molecule has 1 aromatic carbocycles. The highest BCUT2D eigenvalue weighted by atomic mass is 79.9. The molecule has 2 rings (SSSR count). The summed E-state index contributed by atoms with van der Waals surface area (Å²) in [4.78, 5) is 10.5. The molecular weight excluding hydrogens is 436 g/mol.